The molecule has 4 heteroatoms. The third kappa shape index (κ3) is 3.77. The van der Waals surface area contributed by atoms with Crippen LogP contribution in [0, 0.1) is 6.92 Å². The van der Waals surface area contributed by atoms with E-state index >= 15 is 0 Å². The summed E-state index contributed by atoms with van der Waals surface area (Å²) in [5, 5.41) is 9.70. The highest BCUT2D eigenvalue weighted by Crippen LogP contribution is 2.25. The first-order valence-corrected chi connectivity index (χ1v) is 7.86. The Morgan fingerprint density at radius 3 is 2.72 bits per heavy atom. The summed E-state index contributed by atoms with van der Waals surface area (Å²) < 4.78 is 0. The molecule has 1 aliphatic carbocycles. The Bertz CT molecular complexity index is 358. The zero-order valence-corrected chi connectivity index (χ0v) is 12.2. The average Bonchev–Trinajstić information content (AvgIpc) is 2.75. The van der Waals surface area contributed by atoms with Gasteiger partial charge in [-0.3, -0.25) is 4.90 Å². The van der Waals surface area contributed by atoms with Gasteiger partial charge in [-0.1, -0.05) is 19.3 Å². The van der Waals surface area contributed by atoms with Gasteiger partial charge < -0.3 is 5.11 Å². The van der Waals surface area contributed by atoms with E-state index < -0.39 is 0 Å². The number of aliphatic hydroxyl groups excluding tert-OH is 1. The molecule has 1 saturated carbocycles. The van der Waals surface area contributed by atoms with Crippen molar-refractivity contribution >= 4 is 11.3 Å². The maximum atomic E-state index is 9.70. The topological polar surface area (TPSA) is 36.4 Å². The number of hydrogen-bond acceptors (Lipinski definition) is 4. The van der Waals surface area contributed by atoms with Crippen molar-refractivity contribution < 1.29 is 5.11 Å². The lowest BCUT2D eigenvalue weighted by molar-refractivity contribution is 0.0774. The van der Waals surface area contributed by atoms with Crippen molar-refractivity contribution in [3.8, 4) is 0 Å². The monoisotopic (exact) mass is 268 g/mol. The van der Waals surface area contributed by atoms with E-state index in [1.165, 1.54) is 37.0 Å². The van der Waals surface area contributed by atoms with Gasteiger partial charge in [-0.2, -0.15) is 0 Å². The second kappa shape index (κ2) is 6.64. The average molecular weight is 268 g/mol. The lowest BCUT2D eigenvalue weighted by Crippen LogP contribution is -2.40. The molecule has 18 heavy (non-hydrogen) atoms. The van der Waals surface area contributed by atoms with Gasteiger partial charge in [0.25, 0.3) is 0 Å². The minimum Gasteiger partial charge on any atom is -0.392 e. The fourth-order valence-corrected chi connectivity index (χ4v) is 3.59. The normalized spacial score (nSPS) is 19.3. The molecule has 1 heterocycles. The van der Waals surface area contributed by atoms with E-state index in [1.807, 2.05) is 12.4 Å². The van der Waals surface area contributed by atoms with Crippen LogP contribution in [0.2, 0.25) is 0 Å². The highest BCUT2D eigenvalue weighted by molar-refractivity contribution is 7.09. The number of aryl methyl sites for hydroxylation is 1. The number of aromatic nitrogens is 1. The van der Waals surface area contributed by atoms with Crippen molar-refractivity contribution in [3.05, 3.63) is 16.1 Å². The lowest BCUT2D eigenvalue weighted by atomic mass is 9.94. The molecule has 0 radical (unpaired) electrons. The van der Waals surface area contributed by atoms with Crippen LogP contribution in [0.25, 0.3) is 0 Å². The molecule has 1 N–H and O–H groups in total. The van der Waals surface area contributed by atoms with E-state index in [0.29, 0.717) is 6.04 Å². The first-order chi connectivity index (χ1) is 8.66. The number of nitrogens with zero attached hydrogens (tertiary/aromatic N) is 2. The van der Waals surface area contributed by atoms with Crippen LogP contribution in [0.1, 0.15) is 49.6 Å². The zero-order chi connectivity index (χ0) is 13.0. The Balaban J connectivity index is 2.02. The van der Waals surface area contributed by atoms with Gasteiger partial charge in [0.2, 0.25) is 0 Å². The Kier molecular flexibility index (Phi) is 5.15. The smallest absolute Gasteiger partial charge is 0.0798 e. The molecule has 3 nitrogen and oxygen atoms in total. The van der Waals surface area contributed by atoms with Crippen molar-refractivity contribution in [3.63, 3.8) is 0 Å². The highest BCUT2D eigenvalue weighted by Gasteiger charge is 2.23. The summed E-state index contributed by atoms with van der Waals surface area (Å²) in [7, 11) is 0. The lowest BCUT2D eigenvalue weighted by Gasteiger charge is -2.34. The van der Waals surface area contributed by atoms with Crippen molar-refractivity contribution in [2.45, 2.75) is 64.6 Å². The summed E-state index contributed by atoms with van der Waals surface area (Å²) in [5.74, 6) is 0. The van der Waals surface area contributed by atoms with Crippen LogP contribution in [-0.2, 0) is 6.54 Å². The largest absolute Gasteiger partial charge is 0.392 e. The van der Waals surface area contributed by atoms with E-state index in [9.17, 15) is 5.11 Å². The standard InChI is InChI=1S/C14H24N2OS/c1-11(17)8-16(13-6-4-3-5-7-13)9-14-12(2)15-10-18-14/h10-11,13,17H,3-9H2,1-2H3. The molecule has 0 spiro atoms. The maximum absolute atomic E-state index is 9.70. The van der Waals surface area contributed by atoms with Gasteiger partial charge in [0.05, 0.1) is 17.3 Å². The molecule has 1 aromatic heterocycles. The van der Waals surface area contributed by atoms with Gasteiger partial charge >= 0.3 is 0 Å². The SMILES string of the molecule is Cc1ncsc1CN(CC(C)O)C1CCCCC1. The maximum Gasteiger partial charge on any atom is 0.0798 e. The summed E-state index contributed by atoms with van der Waals surface area (Å²) in [5.41, 5.74) is 3.07. The molecule has 1 atom stereocenters. The fraction of sp³-hybridized carbons (Fsp3) is 0.786. The van der Waals surface area contributed by atoms with Gasteiger partial charge in [0, 0.05) is 24.0 Å². The molecule has 0 aromatic carbocycles. The van der Waals surface area contributed by atoms with Crippen LogP contribution >= 0.6 is 11.3 Å². The van der Waals surface area contributed by atoms with Crippen LogP contribution in [0.4, 0.5) is 0 Å². The summed E-state index contributed by atoms with van der Waals surface area (Å²) >= 11 is 1.73. The van der Waals surface area contributed by atoms with Crippen LogP contribution in [-0.4, -0.2) is 33.7 Å². The molecule has 1 unspecified atom stereocenters. The first-order valence-electron chi connectivity index (χ1n) is 6.98. The van der Waals surface area contributed by atoms with Gasteiger partial charge in [-0.25, -0.2) is 4.98 Å². The molecule has 1 aromatic rings. The molecule has 1 fully saturated rings. The first kappa shape index (κ1) is 14.0. The predicted octanol–water partition coefficient (Wildman–Crippen LogP) is 2.97. The van der Waals surface area contributed by atoms with Crippen LogP contribution in [0.5, 0.6) is 0 Å². The molecule has 2 rings (SSSR count). The van der Waals surface area contributed by atoms with Gasteiger partial charge in [-0.15, -0.1) is 11.3 Å². The quantitative estimate of drug-likeness (QED) is 0.892. The number of aliphatic hydroxyl groups is 1. The third-order valence-electron chi connectivity index (χ3n) is 3.78. The molecule has 1 aliphatic rings. The van der Waals surface area contributed by atoms with Crippen LogP contribution in [0.3, 0.4) is 0 Å². The second-order valence-corrected chi connectivity index (χ2v) is 6.37. The Morgan fingerprint density at radius 1 is 1.44 bits per heavy atom. The summed E-state index contributed by atoms with van der Waals surface area (Å²) in [6, 6.07) is 0.648. The summed E-state index contributed by atoms with van der Waals surface area (Å²) in [6.45, 7) is 5.69. The van der Waals surface area contributed by atoms with E-state index in [0.717, 1.165) is 18.8 Å². The van der Waals surface area contributed by atoms with Crippen LogP contribution in [0.15, 0.2) is 5.51 Å². The van der Waals surface area contributed by atoms with Gasteiger partial charge in [0.1, 0.15) is 0 Å². The molecule has 0 amide bonds. The predicted molar refractivity (Wildman–Crippen MR) is 75.8 cm³/mol. The molecule has 102 valence electrons. The van der Waals surface area contributed by atoms with E-state index in [-0.39, 0.29) is 6.10 Å². The molecular formula is C14H24N2OS. The number of rotatable bonds is 5. The van der Waals surface area contributed by atoms with Gasteiger partial charge in [0.15, 0.2) is 0 Å². The fourth-order valence-electron chi connectivity index (χ4n) is 2.79. The van der Waals surface area contributed by atoms with Crippen molar-refractivity contribution in [2.75, 3.05) is 6.54 Å². The van der Waals surface area contributed by atoms with Crippen molar-refractivity contribution in [2.24, 2.45) is 0 Å². The van der Waals surface area contributed by atoms with Crippen LogP contribution < -0.4 is 0 Å². The molecule has 0 aliphatic heterocycles. The minimum atomic E-state index is -0.250. The molecule has 0 bridgehead atoms. The highest BCUT2D eigenvalue weighted by atomic mass is 32.1. The van der Waals surface area contributed by atoms with E-state index in [2.05, 4.69) is 16.8 Å². The molecular weight excluding hydrogens is 244 g/mol. The zero-order valence-electron chi connectivity index (χ0n) is 11.4. The van der Waals surface area contributed by atoms with Crippen molar-refractivity contribution in [1.82, 2.24) is 9.88 Å². The Labute approximate surface area is 114 Å². The Hall–Kier alpha value is -0.450. The summed E-state index contributed by atoms with van der Waals surface area (Å²) in [4.78, 5) is 8.13. The van der Waals surface area contributed by atoms with Gasteiger partial charge in [-0.05, 0) is 26.7 Å². The van der Waals surface area contributed by atoms with E-state index in [4.69, 9.17) is 0 Å². The number of hydrogen-bond donors (Lipinski definition) is 1. The summed E-state index contributed by atoms with van der Waals surface area (Å²) in [6.07, 6.45) is 6.36. The van der Waals surface area contributed by atoms with Crippen molar-refractivity contribution in [1.29, 1.82) is 0 Å². The molecule has 0 saturated heterocycles. The number of thiazole rings is 1. The Morgan fingerprint density at radius 2 is 2.17 bits per heavy atom. The minimum absolute atomic E-state index is 0.250. The third-order valence-corrected chi connectivity index (χ3v) is 4.70. The van der Waals surface area contributed by atoms with E-state index in [1.54, 1.807) is 11.3 Å². The second-order valence-electron chi connectivity index (χ2n) is 5.43.